The molecular weight excluding hydrogens is 259 g/mol. The number of nitrogens with zero attached hydrogens (tertiary/aromatic N) is 1. The molecule has 0 fully saturated rings. The number of para-hydroxylation sites is 2. The lowest BCUT2D eigenvalue weighted by Crippen LogP contribution is -2.40. The number of urea groups is 1. The van der Waals surface area contributed by atoms with Crippen LogP contribution in [0.15, 0.2) is 24.3 Å². The maximum Gasteiger partial charge on any atom is 0.485 e. The normalized spacial score (nSPS) is 11.0. The minimum absolute atomic E-state index is 0.341. The highest BCUT2D eigenvalue weighted by molar-refractivity contribution is 5.93. The van der Waals surface area contributed by atoms with Crippen LogP contribution in [0, 0.1) is 0 Å². The number of nitrogens with one attached hydrogen (secondary N) is 2. The van der Waals surface area contributed by atoms with Gasteiger partial charge in [-0.15, -0.1) is 0 Å². The van der Waals surface area contributed by atoms with E-state index in [4.69, 9.17) is 0 Å². The fourth-order valence-electron chi connectivity index (χ4n) is 1.70. The van der Waals surface area contributed by atoms with Crippen LogP contribution in [0.25, 0.3) is 0 Å². The van der Waals surface area contributed by atoms with Crippen LogP contribution < -0.4 is 15.5 Å². The third-order valence-electron chi connectivity index (χ3n) is 2.51. The summed E-state index contributed by atoms with van der Waals surface area (Å²) in [6, 6.07) is 5.42. The predicted octanol–water partition coefficient (Wildman–Crippen LogP) is 3.17. The van der Waals surface area contributed by atoms with E-state index in [2.05, 4.69) is 5.32 Å². The molecule has 19 heavy (non-hydrogen) atoms. The van der Waals surface area contributed by atoms with Crippen LogP contribution in [0.3, 0.4) is 0 Å². The standard InChI is InChI=1S/C12H16F3N3O/c1-3-18(4-2)10-8-6-5-7-9(10)16-11(19)17-12(13,14)15/h5-8H,3-4H2,1-2H3,(H2,16,17,19). The number of amides is 2. The number of alkyl halides is 3. The SMILES string of the molecule is CCN(CC)c1ccccc1NC(=O)NC(F)(F)F. The van der Waals surface area contributed by atoms with Crippen LogP contribution in [-0.2, 0) is 0 Å². The Balaban J connectivity index is 2.86. The molecule has 0 saturated heterocycles. The van der Waals surface area contributed by atoms with Crippen LogP contribution in [0.5, 0.6) is 0 Å². The van der Waals surface area contributed by atoms with E-state index in [0.29, 0.717) is 24.5 Å². The summed E-state index contributed by atoms with van der Waals surface area (Å²) < 4.78 is 36.1. The zero-order valence-electron chi connectivity index (χ0n) is 10.7. The molecule has 0 atom stereocenters. The lowest BCUT2D eigenvalue weighted by molar-refractivity contribution is -0.144. The highest BCUT2D eigenvalue weighted by atomic mass is 19.4. The largest absolute Gasteiger partial charge is 0.485 e. The number of hydrogen-bond donors (Lipinski definition) is 2. The summed E-state index contributed by atoms with van der Waals surface area (Å²) >= 11 is 0. The van der Waals surface area contributed by atoms with Crippen molar-refractivity contribution in [2.75, 3.05) is 23.3 Å². The number of rotatable bonds is 4. The van der Waals surface area contributed by atoms with E-state index >= 15 is 0 Å². The van der Waals surface area contributed by atoms with Crippen molar-refractivity contribution in [1.29, 1.82) is 0 Å². The molecule has 0 bridgehead atoms. The Morgan fingerprint density at radius 3 is 2.32 bits per heavy atom. The van der Waals surface area contributed by atoms with E-state index in [9.17, 15) is 18.0 Å². The van der Waals surface area contributed by atoms with Gasteiger partial charge in [-0.3, -0.25) is 0 Å². The van der Waals surface area contributed by atoms with Gasteiger partial charge >= 0.3 is 12.3 Å². The summed E-state index contributed by atoms with van der Waals surface area (Å²) in [5.41, 5.74) is 1.03. The molecule has 0 unspecified atom stereocenters. The predicted molar refractivity (Wildman–Crippen MR) is 68.2 cm³/mol. The molecule has 4 nitrogen and oxygen atoms in total. The fourth-order valence-corrected chi connectivity index (χ4v) is 1.70. The molecule has 0 radical (unpaired) electrons. The molecular formula is C12H16F3N3O. The minimum Gasteiger partial charge on any atom is -0.370 e. The van der Waals surface area contributed by atoms with Gasteiger partial charge in [0, 0.05) is 13.1 Å². The maximum atomic E-state index is 12.0. The molecule has 1 aromatic rings. The topological polar surface area (TPSA) is 44.4 Å². The second kappa shape index (κ2) is 6.31. The van der Waals surface area contributed by atoms with E-state index in [1.807, 2.05) is 18.7 Å². The number of hydrogen-bond acceptors (Lipinski definition) is 2. The van der Waals surface area contributed by atoms with Crippen molar-refractivity contribution in [1.82, 2.24) is 5.32 Å². The molecule has 0 aliphatic carbocycles. The number of halogens is 3. The highest BCUT2D eigenvalue weighted by Gasteiger charge is 2.30. The molecule has 0 saturated carbocycles. The Morgan fingerprint density at radius 2 is 1.79 bits per heavy atom. The van der Waals surface area contributed by atoms with Gasteiger partial charge in [-0.25, -0.2) is 10.1 Å². The second-order valence-electron chi connectivity index (χ2n) is 3.77. The maximum absolute atomic E-state index is 12.0. The Kier molecular flexibility index (Phi) is 5.02. The molecule has 1 rings (SSSR count). The van der Waals surface area contributed by atoms with Gasteiger partial charge < -0.3 is 10.2 Å². The first-order valence-electron chi connectivity index (χ1n) is 5.87. The first kappa shape index (κ1) is 15.1. The van der Waals surface area contributed by atoms with Crippen molar-refractivity contribution in [3.8, 4) is 0 Å². The molecule has 0 aliphatic rings. The van der Waals surface area contributed by atoms with E-state index in [-0.39, 0.29) is 0 Å². The molecule has 0 heterocycles. The summed E-state index contributed by atoms with van der Waals surface area (Å²) in [5, 5.41) is 3.11. The summed E-state index contributed by atoms with van der Waals surface area (Å²) in [6.45, 7) is 5.23. The molecule has 2 amide bonds. The molecule has 0 spiro atoms. The molecule has 7 heteroatoms. The smallest absolute Gasteiger partial charge is 0.370 e. The van der Waals surface area contributed by atoms with Crippen LogP contribution in [0.2, 0.25) is 0 Å². The van der Waals surface area contributed by atoms with Crippen LogP contribution in [0.4, 0.5) is 29.3 Å². The first-order chi connectivity index (χ1) is 8.87. The average Bonchev–Trinajstić information content (AvgIpc) is 2.30. The third kappa shape index (κ3) is 4.69. The lowest BCUT2D eigenvalue weighted by Gasteiger charge is -2.24. The molecule has 0 aromatic heterocycles. The van der Waals surface area contributed by atoms with Gasteiger partial charge in [-0.1, -0.05) is 12.1 Å². The van der Waals surface area contributed by atoms with Crippen LogP contribution in [0.1, 0.15) is 13.8 Å². The minimum atomic E-state index is -4.74. The zero-order chi connectivity index (χ0) is 14.5. The average molecular weight is 275 g/mol. The number of benzene rings is 1. The Hall–Kier alpha value is -1.92. The second-order valence-corrected chi connectivity index (χ2v) is 3.77. The van der Waals surface area contributed by atoms with Gasteiger partial charge in [0.25, 0.3) is 0 Å². The van der Waals surface area contributed by atoms with Crippen molar-refractivity contribution in [3.05, 3.63) is 24.3 Å². The summed E-state index contributed by atoms with van der Waals surface area (Å²) in [5.74, 6) is 0. The van der Waals surface area contributed by atoms with E-state index in [1.54, 1.807) is 24.3 Å². The summed E-state index contributed by atoms with van der Waals surface area (Å²) in [6.07, 6.45) is -4.74. The number of carbonyl (C=O) groups is 1. The Bertz CT molecular complexity index is 430. The van der Waals surface area contributed by atoms with Gasteiger partial charge in [-0.2, -0.15) is 13.2 Å². The van der Waals surface area contributed by atoms with Crippen LogP contribution >= 0.6 is 0 Å². The molecule has 0 aliphatic heterocycles. The van der Waals surface area contributed by atoms with Crippen molar-refractivity contribution >= 4 is 17.4 Å². The van der Waals surface area contributed by atoms with Crippen molar-refractivity contribution in [3.63, 3.8) is 0 Å². The Morgan fingerprint density at radius 1 is 1.21 bits per heavy atom. The van der Waals surface area contributed by atoms with Gasteiger partial charge in [0.05, 0.1) is 11.4 Å². The fraction of sp³-hybridized carbons (Fsp3) is 0.417. The van der Waals surface area contributed by atoms with E-state index in [0.717, 1.165) is 5.32 Å². The van der Waals surface area contributed by atoms with Gasteiger partial charge in [0.1, 0.15) is 0 Å². The van der Waals surface area contributed by atoms with Crippen molar-refractivity contribution in [2.24, 2.45) is 0 Å². The lowest BCUT2D eigenvalue weighted by atomic mass is 10.2. The quantitative estimate of drug-likeness (QED) is 0.829. The number of carbonyl (C=O) groups excluding carboxylic acids is 1. The van der Waals surface area contributed by atoms with Crippen LogP contribution in [-0.4, -0.2) is 25.4 Å². The van der Waals surface area contributed by atoms with Gasteiger partial charge in [-0.05, 0) is 26.0 Å². The summed E-state index contributed by atoms with van der Waals surface area (Å²) in [4.78, 5) is 13.2. The third-order valence-corrected chi connectivity index (χ3v) is 2.51. The number of anilines is 2. The van der Waals surface area contributed by atoms with Gasteiger partial charge in [0.2, 0.25) is 0 Å². The van der Waals surface area contributed by atoms with E-state index < -0.39 is 12.3 Å². The Labute approximate surface area is 109 Å². The van der Waals surface area contributed by atoms with Crippen molar-refractivity contribution < 1.29 is 18.0 Å². The monoisotopic (exact) mass is 275 g/mol. The molecule has 106 valence electrons. The van der Waals surface area contributed by atoms with Crippen molar-refractivity contribution in [2.45, 2.75) is 20.1 Å². The molecule has 1 aromatic carbocycles. The summed E-state index contributed by atoms with van der Waals surface area (Å²) in [7, 11) is 0. The highest BCUT2D eigenvalue weighted by Crippen LogP contribution is 2.25. The van der Waals surface area contributed by atoms with Gasteiger partial charge in [0.15, 0.2) is 0 Å². The van der Waals surface area contributed by atoms with E-state index in [1.165, 1.54) is 0 Å². The zero-order valence-corrected chi connectivity index (χ0v) is 10.7. The first-order valence-corrected chi connectivity index (χ1v) is 5.87. The molecule has 2 N–H and O–H groups in total.